The molecule has 7 nitrogen and oxygen atoms in total. The molecule has 38 heavy (non-hydrogen) atoms. The molecular weight excluding hydrogens is 478 g/mol. The molecule has 1 spiro atoms. The summed E-state index contributed by atoms with van der Waals surface area (Å²) >= 11 is 0. The Morgan fingerprint density at radius 2 is 2.18 bits per heavy atom. The Morgan fingerprint density at radius 3 is 2.92 bits per heavy atom. The average Bonchev–Trinajstić information content (AvgIpc) is 3.25. The van der Waals surface area contributed by atoms with Gasteiger partial charge in [-0.2, -0.15) is 5.26 Å². The van der Waals surface area contributed by atoms with Gasteiger partial charge in [0, 0.05) is 31.3 Å². The van der Waals surface area contributed by atoms with Crippen molar-refractivity contribution in [2.45, 2.75) is 67.9 Å². The van der Waals surface area contributed by atoms with E-state index >= 15 is 0 Å². The molecular formula is C31H33N3O4. The van der Waals surface area contributed by atoms with Crippen molar-refractivity contribution in [3.63, 3.8) is 0 Å². The molecule has 2 aromatic carbocycles. The molecule has 1 saturated heterocycles. The first kappa shape index (κ1) is 24.7. The number of amides is 1. The summed E-state index contributed by atoms with van der Waals surface area (Å²) < 4.78 is 6.55. The quantitative estimate of drug-likeness (QED) is 0.471. The largest absolute Gasteiger partial charge is 0.504 e. The summed E-state index contributed by atoms with van der Waals surface area (Å²) in [5.41, 5.74) is 1.83. The lowest BCUT2D eigenvalue weighted by molar-refractivity contribution is -0.205. The number of aryl methyl sites for hydroxylation is 1. The van der Waals surface area contributed by atoms with Crippen LogP contribution in [0, 0.1) is 18.3 Å². The SMILES string of the molecule is C=CCN1C(C#N)C[C@]23c4c5ccc(O)c4O[C@H]2[C@@H](N(C)C(=O)C=Cc2cccc(C)c2)CC[C@@]3(O)[C@H]1C5. The summed E-state index contributed by atoms with van der Waals surface area (Å²) in [6, 6.07) is 12.9. The van der Waals surface area contributed by atoms with Crippen LogP contribution in [0.15, 0.2) is 55.1 Å². The van der Waals surface area contributed by atoms with E-state index in [-0.39, 0.29) is 23.7 Å². The van der Waals surface area contributed by atoms with Gasteiger partial charge in [0.2, 0.25) is 5.91 Å². The Hall–Kier alpha value is -3.60. The number of piperidine rings is 1. The number of nitrogens with zero attached hydrogens (tertiary/aromatic N) is 3. The monoisotopic (exact) mass is 511 g/mol. The van der Waals surface area contributed by atoms with Crippen molar-refractivity contribution in [3.05, 3.63) is 77.4 Å². The number of carbonyl (C=O) groups is 1. The van der Waals surface area contributed by atoms with Crippen molar-refractivity contribution < 1.29 is 19.7 Å². The maximum Gasteiger partial charge on any atom is 0.246 e. The fourth-order valence-corrected chi connectivity index (χ4v) is 7.78. The highest BCUT2D eigenvalue weighted by Crippen LogP contribution is 2.66. The van der Waals surface area contributed by atoms with E-state index in [0.717, 1.165) is 22.3 Å². The van der Waals surface area contributed by atoms with Crippen LogP contribution in [0.25, 0.3) is 6.08 Å². The normalized spacial score (nSPS) is 32.8. The van der Waals surface area contributed by atoms with Crippen molar-refractivity contribution in [2.75, 3.05) is 13.6 Å². The summed E-state index contributed by atoms with van der Waals surface area (Å²) in [5, 5.41) is 33.6. The van der Waals surface area contributed by atoms with Gasteiger partial charge in [-0.25, -0.2) is 0 Å². The van der Waals surface area contributed by atoms with Crippen LogP contribution < -0.4 is 4.74 Å². The molecule has 7 heteroatoms. The number of hydrogen-bond acceptors (Lipinski definition) is 6. The van der Waals surface area contributed by atoms with Gasteiger partial charge in [-0.15, -0.1) is 6.58 Å². The van der Waals surface area contributed by atoms with Gasteiger partial charge < -0.3 is 19.8 Å². The molecule has 1 unspecified atom stereocenters. The van der Waals surface area contributed by atoms with Gasteiger partial charge in [-0.05, 0) is 55.9 Å². The second-order valence-corrected chi connectivity index (χ2v) is 11.2. The molecule has 4 aliphatic rings. The molecule has 1 amide bonds. The third-order valence-corrected chi connectivity index (χ3v) is 9.42. The zero-order valence-corrected chi connectivity index (χ0v) is 21.8. The second kappa shape index (κ2) is 8.72. The van der Waals surface area contributed by atoms with E-state index in [1.54, 1.807) is 30.2 Å². The number of phenolic OH excluding ortho intramolecular Hbond substituents is 1. The maximum atomic E-state index is 13.4. The first-order valence-corrected chi connectivity index (χ1v) is 13.3. The summed E-state index contributed by atoms with van der Waals surface area (Å²) in [5.74, 6) is 0.263. The van der Waals surface area contributed by atoms with Crippen LogP contribution in [-0.4, -0.2) is 69.3 Å². The lowest BCUT2D eigenvalue weighted by Crippen LogP contribution is -2.79. The minimum atomic E-state index is -1.17. The smallest absolute Gasteiger partial charge is 0.246 e. The molecule has 6 rings (SSSR count). The third-order valence-electron chi connectivity index (χ3n) is 9.42. The summed E-state index contributed by atoms with van der Waals surface area (Å²) in [6.45, 7) is 6.40. The van der Waals surface area contributed by atoms with Crippen LogP contribution in [0.1, 0.15) is 41.5 Å². The lowest BCUT2D eigenvalue weighted by atomic mass is 9.47. The van der Waals surface area contributed by atoms with Crippen LogP contribution in [0.2, 0.25) is 0 Å². The fourth-order valence-electron chi connectivity index (χ4n) is 7.78. The first-order valence-electron chi connectivity index (χ1n) is 13.3. The van der Waals surface area contributed by atoms with Crippen molar-refractivity contribution in [3.8, 4) is 17.6 Å². The zero-order chi connectivity index (χ0) is 26.8. The highest BCUT2D eigenvalue weighted by molar-refractivity contribution is 5.92. The molecule has 2 aliphatic carbocycles. The summed E-state index contributed by atoms with van der Waals surface area (Å²) in [7, 11) is 1.77. The number of likely N-dealkylation sites (N-methyl/N-ethyl adjacent to an activating group) is 1. The minimum Gasteiger partial charge on any atom is -0.504 e. The van der Waals surface area contributed by atoms with Gasteiger partial charge in [0.1, 0.15) is 6.10 Å². The van der Waals surface area contributed by atoms with E-state index < -0.39 is 23.2 Å². The molecule has 1 saturated carbocycles. The van der Waals surface area contributed by atoms with Gasteiger partial charge in [0.05, 0.1) is 29.2 Å². The minimum absolute atomic E-state index is 0.0300. The van der Waals surface area contributed by atoms with Gasteiger partial charge >= 0.3 is 0 Å². The highest BCUT2D eigenvalue weighted by atomic mass is 16.5. The number of nitriles is 1. The first-order chi connectivity index (χ1) is 18.2. The Balaban J connectivity index is 1.42. The molecule has 196 valence electrons. The highest BCUT2D eigenvalue weighted by Gasteiger charge is 2.74. The standard InChI is InChI=1S/C31H33N3O4/c1-4-14-34-22(18-32)17-30-27-21-9-10-24(35)28(27)38-29(30)23(12-13-31(30,37)25(34)16-21)33(3)26(36)11-8-20-7-5-6-19(2)15-20/h4-11,15,22-23,25,29,35,37H,1,12-14,16-17H2,2-3H3/t22?,23-,25+,29-,30-,31+/m0/s1. The molecule has 2 aliphatic heterocycles. The van der Waals surface area contributed by atoms with Crippen molar-refractivity contribution in [1.82, 2.24) is 9.80 Å². The van der Waals surface area contributed by atoms with Crippen LogP contribution in [0.5, 0.6) is 11.5 Å². The van der Waals surface area contributed by atoms with Gasteiger partial charge in [0.15, 0.2) is 11.5 Å². The Kier molecular flexibility index (Phi) is 5.67. The van der Waals surface area contributed by atoms with E-state index in [0.29, 0.717) is 38.0 Å². The van der Waals surface area contributed by atoms with E-state index in [4.69, 9.17) is 4.74 Å². The van der Waals surface area contributed by atoms with Crippen molar-refractivity contribution >= 4 is 12.0 Å². The molecule has 2 N–H and O–H groups in total. The number of ether oxygens (including phenoxy) is 1. The zero-order valence-electron chi connectivity index (χ0n) is 21.8. The van der Waals surface area contributed by atoms with Crippen LogP contribution in [-0.2, 0) is 16.6 Å². The average molecular weight is 512 g/mol. The predicted molar refractivity (Wildman–Crippen MR) is 144 cm³/mol. The van der Waals surface area contributed by atoms with Gasteiger partial charge in [0.25, 0.3) is 0 Å². The van der Waals surface area contributed by atoms with E-state index in [2.05, 4.69) is 17.5 Å². The maximum absolute atomic E-state index is 13.4. The molecule has 0 radical (unpaired) electrons. The molecule has 2 heterocycles. The van der Waals surface area contributed by atoms with Gasteiger partial charge in [-0.3, -0.25) is 9.69 Å². The second-order valence-electron chi connectivity index (χ2n) is 11.2. The molecule has 2 bridgehead atoms. The molecule has 6 atom stereocenters. The number of carbonyl (C=O) groups excluding carboxylic acids is 1. The number of likely N-dealkylation sites (tertiary alicyclic amines) is 1. The Labute approximate surface area is 223 Å². The number of rotatable bonds is 5. The summed E-state index contributed by atoms with van der Waals surface area (Å²) in [6.07, 6.45) is 6.50. The number of hydrogen-bond donors (Lipinski definition) is 2. The van der Waals surface area contributed by atoms with Crippen molar-refractivity contribution in [2.24, 2.45) is 0 Å². The van der Waals surface area contributed by atoms with E-state index in [1.807, 2.05) is 43.3 Å². The molecule has 0 aromatic heterocycles. The molecule has 2 aromatic rings. The van der Waals surface area contributed by atoms with Crippen molar-refractivity contribution in [1.29, 1.82) is 5.26 Å². The predicted octanol–water partition coefficient (Wildman–Crippen LogP) is 3.47. The Morgan fingerprint density at radius 1 is 1.37 bits per heavy atom. The van der Waals surface area contributed by atoms with Gasteiger partial charge in [-0.1, -0.05) is 42.0 Å². The topological polar surface area (TPSA) is 97.0 Å². The number of phenols is 1. The van der Waals surface area contributed by atoms with Crippen LogP contribution in [0.4, 0.5) is 0 Å². The molecule has 2 fully saturated rings. The summed E-state index contributed by atoms with van der Waals surface area (Å²) in [4.78, 5) is 17.2. The van der Waals surface area contributed by atoms with E-state index in [1.165, 1.54) is 0 Å². The number of aliphatic hydroxyl groups is 1. The number of aromatic hydroxyl groups is 1. The van der Waals surface area contributed by atoms with Crippen LogP contribution in [0.3, 0.4) is 0 Å². The lowest BCUT2D eigenvalue weighted by Gasteiger charge is -2.65. The number of benzene rings is 2. The third kappa shape index (κ3) is 3.23. The Bertz CT molecular complexity index is 1400. The fraction of sp³-hybridized carbons (Fsp3) is 0.419. The van der Waals surface area contributed by atoms with E-state index in [9.17, 15) is 20.3 Å². The van der Waals surface area contributed by atoms with Crippen LogP contribution >= 0.6 is 0 Å².